The lowest BCUT2D eigenvalue weighted by atomic mass is 9.98. The Morgan fingerprint density at radius 1 is 1.19 bits per heavy atom. The summed E-state index contributed by atoms with van der Waals surface area (Å²) in [5.41, 5.74) is 3.24. The largest absolute Gasteiger partial charge is 0.317 e. The quantitative estimate of drug-likeness (QED) is 0.681. The molecule has 0 aliphatic carbocycles. The van der Waals surface area contributed by atoms with Gasteiger partial charge in [-0.05, 0) is 35.4 Å². The maximum absolute atomic E-state index is 9.11. The van der Waals surface area contributed by atoms with Crippen molar-refractivity contribution in [2.45, 2.75) is 0 Å². The summed E-state index contributed by atoms with van der Waals surface area (Å²) in [4.78, 5) is 3.99. The van der Waals surface area contributed by atoms with Crippen LogP contribution in [0.5, 0.6) is 0 Å². The first-order valence-corrected chi connectivity index (χ1v) is 6.57. The van der Waals surface area contributed by atoms with Gasteiger partial charge in [-0.2, -0.15) is 5.26 Å². The molecule has 0 saturated carbocycles. The second kappa shape index (κ2) is 5.35. The minimum atomic E-state index is 0.417. The Labute approximate surface area is 126 Å². The van der Waals surface area contributed by atoms with Crippen LogP contribution < -0.4 is 0 Å². The van der Waals surface area contributed by atoms with Crippen LogP contribution in [0.25, 0.3) is 22.5 Å². The normalized spacial score (nSPS) is 10.3. The van der Waals surface area contributed by atoms with Crippen molar-refractivity contribution in [1.29, 1.82) is 5.26 Å². The number of aryl methyl sites for hydroxylation is 1. The van der Waals surface area contributed by atoms with E-state index < -0.39 is 0 Å². The smallest absolute Gasteiger partial charge is 0.164 e. The van der Waals surface area contributed by atoms with Crippen LogP contribution in [-0.4, -0.2) is 19.7 Å². The third kappa shape index (κ3) is 2.49. The Morgan fingerprint density at radius 3 is 2.71 bits per heavy atom. The number of halogens is 1. The van der Waals surface area contributed by atoms with E-state index in [4.69, 9.17) is 16.9 Å². The Kier molecular flexibility index (Phi) is 3.38. The zero-order chi connectivity index (χ0) is 14.8. The van der Waals surface area contributed by atoms with Crippen LogP contribution in [0, 0.1) is 11.3 Å². The van der Waals surface area contributed by atoms with Gasteiger partial charge in [-0.25, -0.2) is 4.98 Å². The number of rotatable bonds is 2. The number of aromatic nitrogens is 4. The van der Waals surface area contributed by atoms with Gasteiger partial charge in [0.25, 0.3) is 0 Å². The first-order valence-electron chi connectivity index (χ1n) is 6.19. The number of hydrogen-bond donors (Lipinski definition) is 0. The third-order valence-electron chi connectivity index (χ3n) is 3.14. The molecule has 0 radical (unpaired) electrons. The molecule has 2 heterocycles. The molecule has 1 aromatic carbocycles. The Hall–Kier alpha value is -2.71. The molecule has 3 aromatic rings. The van der Waals surface area contributed by atoms with Crippen LogP contribution in [0.15, 0.2) is 42.9 Å². The van der Waals surface area contributed by atoms with Gasteiger partial charge in [-0.1, -0.05) is 17.7 Å². The van der Waals surface area contributed by atoms with Crippen molar-refractivity contribution in [3.8, 4) is 28.6 Å². The Bertz CT molecular complexity index is 847. The zero-order valence-electron chi connectivity index (χ0n) is 11.2. The van der Waals surface area contributed by atoms with E-state index in [1.54, 1.807) is 30.7 Å². The van der Waals surface area contributed by atoms with Crippen LogP contribution >= 0.6 is 11.6 Å². The SMILES string of the molecule is Cn1cnnc1-c1cc(C#N)ccc1-c1ccnc(Cl)c1. The van der Waals surface area contributed by atoms with Crippen molar-refractivity contribution >= 4 is 11.6 Å². The molecule has 0 aliphatic heterocycles. The number of nitriles is 1. The number of benzene rings is 1. The van der Waals surface area contributed by atoms with E-state index in [-0.39, 0.29) is 0 Å². The van der Waals surface area contributed by atoms with Crippen molar-refractivity contribution in [2.75, 3.05) is 0 Å². The summed E-state index contributed by atoms with van der Waals surface area (Å²) in [7, 11) is 1.86. The summed E-state index contributed by atoms with van der Waals surface area (Å²) in [5.74, 6) is 0.690. The molecule has 0 unspecified atom stereocenters. The Balaban J connectivity index is 2.26. The topological polar surface area (TPSA) is 67.4 Å². The molecule has 21 heavy (non-hydrogen) atoms. The zero-order valence-corrected chi connectivity index (χ0v) is 11.9. The first-order chi connectivity index (χ1) is 10.2. The fourth-order valence-electron chi connectivity index (χ4n) is 2.15. The monoisotopic (exact) mass is 295 g/mol. The lowest BCUT2D eigenvalue weighted by Gasteiger charge is -2.10. The summed E-state index contributed by atoms with van der Waals surface area (Å²) in [5, 5.41) is 17.6. The van der Waals surface area contributed by atoms with Gasteiger partial charge < -0.3 is 4.57 Å². The summed E-state index contributed by atoms with van der Waals surface area (Å²) in [6.45, 7) is 0. The van der Waals surface area contributed by atoms with E-state index in [1.165, 1.54) is 0 Å². The van der Waals surface area contributed by atoms with Crippen LogP contribution in [0.1, 0.15) is 5.56 Å². The van der Waals surface area contributed by atoms with E-state index in [2.05, 4.69) is 21.3 Å². The summed E-state index contributed by atoms with van der Waals surface area (Å²) in [6.07, 6.45) is 3.27. The van der Waals surface area contributed by atoms with Gasteiger partial charge in [-0.3, -0.25) is 0 Å². The number of pyridine rings is 1. The van der Waals surface area contributed by atoms with Crippen molar-refractivity contribution in [2.24, 2.45) is 7.05 Å². The van der Waals surface area contributed by atoms with E-state index in [9.17, 15) is 0 Å². The number of nitrogens with zero attached hydrogens (tertiary/aromatic N) is 5. The molecular weight excluding hydrogens is 286 g/mol. The molecule has 2 aromatic heterocycles. The highest BCUT2D eigenvalue weighted by molar-refractivity contribution is 6.29. The van der Waals surface area contributed by atoms with E-state index in [0.717, 1.165) is 16.7 Å². The van der Waals surface area contributed by atoms with E-state index in [0.29, 0.717) is 16.5 Å². The fourth-order valence-corrected chi connectivity index (χ4v) is 2.32. The van der Waals surface area contributed by atoms with E-state index in [1.807, 2.05) is 23.7 Å². The van der Waals surface area contributed by atoms with Crippen LogP contribution in [0.3, 0.4) is 0 Å². The highest BCUT2D eigenvalue weighted by Crippen LogP contribution is 2.32. The van der Waals surface area contributed by atoms with Crippen LogP contribution in [0.2, 0.25) is 5.15 Å². The van der Waals surface area contributed by atoms with Gasteiger partial charge >= 0.3 is 0 Å². The predicted octanol–water partition coefficient (Wildman–Crippen LogP) is 3.07. The molecule has 0 aliphatic rings. The molecule has 0 saturated heterocycles. The summed E-state index contributed by atoms with van der Waals surface area (Å²) in [6, 6.07) is 11.2. The summed E-state index contributed by atoms with van der Waals surface area (Å²) >= 11 is 5.97. The lowest BCUT2D eigenvalue weighted by molar-refractivity contribution is 0.920. The minimum absolute atomic E-state index is 0.417. The summed E-state index contributed by atoms with van der Waals surface area (Å²) < 4.78 is 1.81. The van der Waals surface area contributed by atoms with Crippen molar-refractivity contribution in [3.63, 3.8) is 0 Å². The minimum Gasteiger partial charge on any atom is -0.317 e. The highest BCUT2D eigenvalue weighted by atomic mass is 35.5. The average Bonchev–Trinajstić information content (AvgIpc) is 2.92. The molecule has 0 bridgehead atoms. The van der Waals surface area contributed by atoms with Crippen molar-refractivity contribution in [1.82, 2.24) is 19.7 Å². The van der Waals surface area contributed by atoms with Gasteiger partial charge in [0.05, 0.1) is 11.6 Å². The predicted molar refractivity (Wildman–Crippen MR) is 79.4 cm³/mol. The molecular formula is C15H10ClN5. The number of hydrogen-bond acceptors (Lipinski definition) is 4. The Morgan fingerprint density at radius 2 is 2.05 bits per heavy atom. The lowest BCUT2D eigenvalue weighted by Crippen LogP contribution is -1.95. The van der Waals surface area contributed by atoms with E-state index >= 15 is 0 Å². The van der Waals surface area contributed by atoms with Gasteiger partial charge in [0.15, 0.2) is 5.82 Å². The highest BCUT2D eigenvalue weighted by Gasteiger charge is 2.13. The molecule has 0 fully saturated rings. The molecule has 0 spiro atoms. The van der Waals surface area contributed by atoms with Crippen molar-refractivity contribution in [3.05, 3.63) is 53.6 Å². The van der Waals surface area contributed by atoms with Gasteiger partial charge in [0.2, 0.25) is 0 Å². The van der Waals surface area contributed by atoms with Gasteiger partial charge in [-0.15, -0.1) is 10.2 Å². The third-order valence-corrected chi connectivity index (χ3v) is 3.35. The molecule has 102 valence electrons. The molecule has 5 nitrogen and oxygen atoms in total. The molecule has 6 heteroatoms. The first kappa shape index (κ1) is 13.3. The van der Waals surface area contributed by atoms with Crippen LogP contribution in [-0.2, 0) is 7.05 Å². The maximum Gasteiger partial charge on any atom is 0.164 e. The van der Waals surface area contributed by atoms with Crippen molar-refractivity contribution < 1.29 is 0 Å². The maximum atomic E-state index is 9.11. The van der Waals surface area contributed by atoms with Gasteiger partial charge in [0, 0.05) is 18.8 Å². The standard InChI is InChI=1S/C15H10ClN5/c1-21-9-19-20-15(21)13-6-10(8-17)2-3-12(13)11-4-5-18-14(16)7-11/h2-7,9H,1H3. The second-order valence-electron chi connectivity index (χ2n) is 4.50. The van der Waals surface area contributed by atoms with Crippen LogP contribution in [0.4, 0.5) is 0 Å². The van der Waals surface area contributed by atoms with Gasteiger partial charge in [0.1, 0.15) is 11.5 Å². The molecule has 3 rings (SSSR count). The second-order valence-corrected chi connectivity index (χ2v) is 4.89. The molecule has 0 atom stereocenters. The fraction of sp³-hybridized carbons (Fsp3) is 0.0667. The molecule has 0 N–H and O–H groups in total. The molecule has 0 amide bonds. The average molecular weight is 296 g/mol.